The van der Waals surface area contributed by atoms with Gasteiger partial charge in [-0.05, 0) is 69.7 Å². The Kier molecular flexibility index (Phi) is 10.3. The predicted molar refractivity (Wildman–Crippen MR) is 160 cm³/mol. The first-order valence-corrected chi connectivity index (χ1v) is 14.7. The van der Waals surface area contributed by atoms with E-state index >= 15 is 0 Å². The SMILES string of the molecule is COc1ccc(OC)c(N(CC(=O)N(Cc2cccc(Cl)c2)C(C)C(=O)NC(C)(C)C)S(=O)(=O)c2ccccc2)c1. The summed E-state index contributed by atoms with van der Waals surface area (Å²) < 4.78 is 39.8. The number of nitrogens with one attached hydrogen (secondary N) is 1. The van der Waals surface area contributed by atoms with Gasteiger partial charge in [-0.1, -0.05) is 41.9 Å². The maximum absolute atomic E-state index is 14.1. The number of carbonyl (C=O) groups is 2. The van der Waals surface area contributed by atoms with Crippen LogP contribution >= 0.6 is 11.6 Å². The van der Waals surface area contributed by atoms with E-state index in [0.29, 0.717) is 16.3 Å². The molecule has 0 radical (unpaired) electrons. The highest BCUT2D eigenvalue weighted by molar-refractivity contribution is 7.92. The molecule has 0 aliphatic heterocycles. The van der Waals surface area contributed by atoms with E-state index in [4.69, 9.17) is 21.1 Å². The lowest BCUT2D eigenvalue weighted by atomic mass is 10.1. The van der Waals surface area contributed by atoms with Gasteiger partial charge in [-0.2, -0.15) is 0 Å². The van der Waals surface area contributed by atoms with Crippen molar-refractivity contribution in [3.63, 3.8) is 0 Å². The van der Waals surface area contributed by atoms with Crippen LogP contribution in [0.15, 0.2) is 77.7 Å². The molecule has 3 aromatic carbocycles. The third kappa shape index (κ3) is 8.14. The third-order valence-corrected chi connectivity index (χ3v) is 8.18. The van der Waals surface area contributed by atoms with Crippen LogP contribution in [0, 0.1) is 0 Å². The highest BCUT2D eigenvalue weighted by atomic mass is 35.5. The van der Waals surface area contributed by atoms with Crippen LogP contribution in [0.25, 0.3) is 0 Å². The second-order valence-corrected chi connectivity index (χ2v) is 12.7. The summed E-state index contributed by atoms with van der Waals surface area (Å²) >= 11 is 6.20. The van der Waals surface area contributed by atoms with E-state index in [1.807, 2.05) is 20.8 Å². The van der Waals surface area contributed by atoms with E-state index in [1.54, 1.807) is 61.5 Å². The first-order chi connectivity index (χ1) is 19.3. The molecule has 0 aliphatic carbocycles. The van der Waals surface area contributed by atoms with Gasteiger partial charge in [0.2, 0.25) is 11.8 Å². The summed E-state index contributed by atoms with van der Waals surface area (Å²) in [4.78, 5) is 28.6. The van der Waals surface area contributed by atoms with Crippen molar-refractivity contribution in [1.29, 1.82) is 0 Å². The highest BCUT2D eigenvalue weighted by Crippen LogP contribution is 2.36. The van der Waals surface area contributed by atoms with Gasteiger partial charge < -0.3 is 19.7 Å². The quantitative estimate of drug-likeness (QED) is 0.336. The number of hydrogen-bond acceptors (Lipinski definition) is 6. The van der Waals surface area contributed by atoms with Crippen molar-refractivity contribution in [3.8, 4) is 11.5 Å². The van der Waals surface area contributed by atoms with Gasteiger partial charge >= 0.3 is 0 Å². The summed E-state index contributed by atoms with van der Waals surface area (Å²) in [6.07, 6.45) is 0. The smallest absolute Gasteiger partial charge is 0.264 e. The molecule has 0 fully saturated rings. The van der Waals surface area contributed by atoms with Crippen LogP contribution in [0.2, 0.25) is 5.02 Å². The Morgan fingerprint density at radius 1 is 0.951 bits per heavy atom. The molecule has 0 saturated heterocycles. The molecule has 1 N–H and O–H groups in total. The molecular formula is C30H36ClN3O6S. The number of hydrogen-bond donors (Lipinski definition) is 1. The Balaban J connectivity index is 2.12. The Labute approximate surface area is 247 Å². The molecule has 0 heterocycles. The topological polar surface area (TPSA) is 105 Å². The van der Waals surface area contributed by atoms with Crippen LogP contribution in [0.4, 0.5) is 5.69 Å². The van der Waals surface area contributed by atoms with E-state index in [1.165, 1.54) is 37.3 Å². The number of anilines is 1. The van der Waals surface area contributed by atoms with Crippen LogP contribution in [0.3, 0.4) is 0 Å². The maximum Gasteiger partial charge on any atom is 0.264 e. The number of amides is 2. The van der Waals surface area contributed by atoms with Gasteiger partial charge in [0.1, 0.15) is 24.1 Å². The van der Waals surface area contributed by atoms with Crippen molar-refractivity contribution in [2.45, 2.75) is 50.7 Å². The van der Waals surface area contributed by atoms with Gasteiger partial charge in [0.25, 0.3) is 10.0 Å². The molecule has 220 valence electrons. The minimum Gasteiger partial charge on any atom is -0.497 e. The van der Waals surface area contributed by atoms with Gasteiger partial charge in [-0.3, -0.25) is 13.9 Å². The monoisotopic (exact) mass is 601 g/mol. The Hall–Kier alpha value is -3.76. The minimum atomic E-state index is -4.27. The molecule has 11 heteroatoms. The van der Waals surface area contributed by atoms with Gasteiger partial charge in [-0.25, -0.2) is 8.42 Å². The Morgan fingerprint density at radius 3 is 2.22 bits per heavy atom. The number of methoxy groups -OCH3 is 2. The summed E-state index contributed by atoms with van der Waals surface area (Å²) in [6.45, 7) is 6.52. The largest absolute Gasteiger partial charge is 0.497 e. The van der Waals surface area contributed by atoms with Crippen LogP contribution in [0.5, 0.6) is 11.5 Å². The zero-order chi connectivity index (χ0) is 30.4. The molecule has 0 bridgehead atoms. The van der Waals surface area contributed by atoms with Crippen LogP contribution in [0.1, 0.15) is 33.3 Å². The number of halogens is 1. The second kappa shape index (κ2) is 13.3. The van der Waals surface area contributed by atoms with Crippen LogP contribution in [-0.2, 0) is 26.2 Å². The molecule has 3 rings (SSSR count). The summed E-state index contributed by atoms with van der Waals surface area (Å²) in [5.74, 6) is -0.400. The molecule has 0 aliphatic rings. The van der Waals surface area contributed by atoms with E-state index in [0.717, 1.165) is 4.31 Å². The fourth-order valence-electron chi connectivity index (χ4n) is 4.11. The lowest BCUT2D eigenvalue weighted by Crippen LogP contribution is -2.54. The van der Waals surface area contributed by atoms with E-state index in [9.17, 15) is 18.0 Å². The van der Waals surface area contributed by atoms with Crippen molar-refractivity contribution < 1.29 is 27.5 Å². The van der Waals surface area contributed by atoms with Gasteiger partial charge in [0.15, 0.2) is 0 Å². The summed E-state index contributed by atoms with van der Waals surface area (Å²) in [5, 5.41) is 3.37. The van der Waals surface area contributed by atoms with Crippen molar-refractivity contribution in [3.05, 3.63) is 83.4 Å². The molecule has 0 aromatic heterocycles. The van der Waals surface area contributed by atoms with Gasteiger partial charge in [0, 0.05) is 23.2 Å². The fraction of sp³-hybridized carbons (Fsp3) is 0.333. The number of ether oxygens (including phenoxy) is 2. The minimum absolute atomic E-state index is 0.0161. The Bertz CT molecular complexity index is 1480. The van der Waals surface area contributed by atoms with Gasteiger partial charge in [-0.15, -0.1) is 0 Å². The number of benzene rings is 3. The number of carbonyl (C=O) groups excluding carboxylic acids is 2. The highest BCUT2D eigenvalue weighted by Gasteiger charge is 2.34. The van der Waals surface area contributed by atoms with E-state index in [2.05, 4.69) is 5.32 Å². The predicted octanol–water partition coefficient (Wildman–Crippen LogP) is 4.88. The summed E-state index contributed by atoms with van der Waals surface area (Å²) in [7, 11) is -1.41. The molecule has 2 amide bonds. The first-order valence-electron chi connectivity index (χ1n) is 12.9. The average molecular weight is 602 g/mol. The van der Waals surface area contributed by atoms with Crippen LogP contribution < -0.4 is 19.1 Å². The van der Waals surface area contributed by atoms with Gasteiger partial charge in [0.05, 0.1) is 24.8 Å². The lowest BCUT2D eigenvalue weighted by molar-refractivity contribution is -0.140. The van der Waals surface area contributed by atoms with Crippen molar-refractivity contribution in [1.82, 2.24) is 10.2 Å². The summed E-state index contributed by atoms with van der Waals surface area (Å²) in [6, 6.07) is 18.5. The molecule has 41 heavy (non-hydrogen) atoms. The lowest BCUT2D eigenvalue weighted by Gasteiger charge is -2.33. The zero-order valence-electron chi connectivity index (χ0n) is 24.0. The van der Waals surface area contributed by atoms with Crippen molar-refractivity contribution in [2.24, 2.45) is 0 Å². The molecule has 0 spiro atoms. The molecule has 1 atom stereocenters. The number of nitrogens with zero attached hydrogens (tertiary/aromatic N) is 2. The van der Waals surface area contributed by atoms with Crippen LogP contribution in [-0.4, -0.2) is 57.5 Å². The fourth-order valence-corrected chi connectivity index (χ4v) is 5.76. The number of sulfonamides is 1. The Morgan fingerprint density at radius 2 is 1.63 bits per heavy atom. The first kappa shape index (κ1) is 31.8. The van der Waals surface area contributed by atoms with E-state index in [-0.39, 0.29) is 28.8 Å². The third-order valence-electron chi connectivity index (χ3n) is 6.17. The molecular weight excluding hydrogens is 566 g/mol. The normalized spacial score (nSPS) is 12.3. The molecule has 3 aromatic rings. The average Bonchev–Trinajstić information content (AvgIpc) is 2.93. The van der Waals surface area contributed by atoms with Crippen molar-refractivity contribution >= 4 is 39.1 Å². The molecule has 1 unspecified atom stereocenters. The second-order valence-electron chi connectivity index (χ2n) is 10.4. The van der Waals surface area contributed by atoms with Crippen molar-refractivity contribution in [2.75, 3.05) is 25.1 Å². The van der Waals surface area contributed by atoms with E-state index < -0.39 is 34.1 Å². The molecule has 0 saturated carbocycles. The maximum atomic E-state index is 14.1. The number of rotatable bonds is 11. The zero-order valence-corrected chi connectivity index (χ0v) is 25.6. The standard InChI is InChI=1S/C30H36ClN3O6S/c1-21(29(36)32-30(2,3)4)33(19-22-11-10-12-23(31)17-22)28(35)20-34(41(37,38)25-13-8-7-9-14-25)26-18-24(39-5)15-16-27(26)40-6/h7-18,21H,19-20H2,1-6H3,(H,32,36). The summed E-state index contributed by atoms with van der Waals surface area (Å²) in [5.41, 5.74) is 0.239. The molecule has 9 nitrogen and oxygen atoms in total.